The minimum absolute atomic E-state index is 0.114. The molecule has 136 valence electrons. The third-order valence-corrected chi connectivity index (χ3v) is 3.75. The number of carbonyl (C=O) groups is 3. The van der Waals surface area contributed by atoms with Gasteiger partial charge in [0, 0.05) is 23.4 Å². The van der Waals surface area contributed by atoms with E-state index in [1.165, 1.54) is 18.2 Å². The van der Waals surface area contributed by atoms with Crippen LogP contribution in [0.15, 0.2) is 42.5 Å². The van der Waals surface area contributed by atoms with Crippen LogP contribution < -0.4 is 16.2 Å². The third-order valence-electron chi connectivity index (χ3n) is 3.21. The molecule has 0 fully saturated rings. The van der Waals surface area contributed by atoms with Gasteiger partial charge in [0.1, 0.15) is 5.82 Å². The first-order valence-corrected chi connectivity index (χ1v) is 8.20. The molecule has 3 N–H and O–H groups in total. The summed E-state index contributed by atoms with van der Waals surface area (Å²) < 4.78 is 12.8. The Morgan fingerprint density at radius 1 is 0.885 bits per heavy atom. The van der Waals surface area contributed by atoms with Gasteiger partial charge >= 0.3 is 0 Å². The van der Waals surface area contributed by atoms with Crippen molar-refractivity contribution < 1.29 is 18.8 Å². The molecule has 2 rings (SSSR count). The summed E-state index contributed by atoms with van der Waals surface area (Å²) in [6.45, 7) is 0. The predicted octanol–water partition coefficient (Wildman–Crippen LogP) is 3.31. The van der Waals surface area contributed by atoms with Gasteiger partial charge in [0.2, 0.25) is 11.8 Å². The first-order valence-electron chi connectivity index (χ1n) is 7.45. The molecule has 0 saturated carbocycles. The summed E-state index contributed by atoms with van der Waals surface area (Å²) in [6.07, 6.45) is -0.266. The van der Waals surface area contributed by atoms with Crippen molar-refractivity contribution in [3.8, 4) is 0 Å². The molecule has 0 aliphatic heterocycles. The van der Waals surface area contributed by atoms with Gasteiger partial charge in [0.05, 0.1) is 10.7 Å². The van der Waals surface area contributed by atoms with E-state index in [-0.39, 0.29) is 23.4 Å². The number of rotatable bonds is 5. The van der Waals surface area contributed by atoms with Gasteiger partial charge in [-0.05, 0) is 42.5 Å². The summed E-state index contributed by atoms with van der Waals surface area (Å²) >= 11 is 11.7. The molecule has 0 aromatic heterocycles. The van der Waals surface area contributed by atoms with Crippen molar-refractivity contribution in [2.24, 2.45) is 0 Å². The highest BCUT2D eigenvalue weighted by Gasteiger charge is 2.11. The molecule has 2 aromatic rings. The number of halogens is 3. The molecular weight excluding hydrogens is 384 g/mol. The van der Waals surface area contributed by atoms with E-state index in [0.717, 1.165) is 12.1 Å². The lowest BCUT2D eigenvalue weighted by Crippen LogP contribution is -2.41. The Labute approximate surface area is 158 Å². The fourth-order valence-corrected chi connectivity index (χ4v) is 2.35. The zero-order chi connectivity index (χ0) is 19.1. The van der Waals surface area contributed by atoms with Gasteiger partial charge in [-0.15, -0.1) is 0 Å². The van der Waals surface area contributed by atoms with E-state index in [1.54, 1.807) is 12.1 Å². The Kier molecular flexibility index (Phi) is 6.94. The van der Waals surface area contributed by atoms with Crippen LogP contribution in [0.1, 0.15) is 23.2 Å². The molecule has 26 heavy (non-hydrogen) atoms. The Morgan fingerprint density at radius 3 is 2.19 bits per heavy atom. The molecular formula is C17H14Cl2FN3O3. The van der Waals surface area contributed by atoms with Gasteiger partial charge in [-0.25, -0.2) is 4.39 Å². The van der Waals surface area contributed by atoms with Crippen LogP contribution in [0.5, 0.6) is 0 Å². The lowest BCUT2D eigenvalue weighted by molar-refractivity contribution is -0.124. The number of hydrazine groups is 1. The largest absolute Gasteiger partial charge is 0.325 e. The number of nitrogens with one attached hydrogen (secondary N) is 3. The number of amides is 3. The van der Waals surface area contributed by atoms with E-state index in [0.29, 0.717) is 10.7 Å². The SMILES string of the molecule is O=C(CCC(=O)Nc1ccc(Cl)cc1Cl)NNC(=O)c1ccc(F)cc1. The monoisotopic (exact) mass is 397 g/mol. The highest BCUT2D eigenvalue weighted by Crippen LogP contribution is 2.25. The summed E-state index contributed by atoms with van der Waals surface area (Å²) in [4.78, 5) is 35.3. The van der Waals surface area contributed by atoms with Crippen molar-refractivity contribution in [2.45, 2.75) is 12.8 Å². The van der Waals surface area contributed by atoms with Crippen LogP contribution >= 0.6 is 23.2 Å². The molecule has 9 heteroatoms. The van der Waals surface area contributed by atoms with E-state index < -0.39 is 23.5 Å². The second kappa shape index (κ2) is 9.17. The summed E-state index contributed by atoms with van der Waals surface area (Å²) in [5.41, 5.74) is 4.92. The zero-order valence-corrected chi connectivity index (χ0v) is 14.8. The molecule has 0 bridgehead atoms. The maximum Gasteiger partial charge on any atom is 0.269 e. The number of benzene rings is 2. The molecule has 0 spiro atoms. The number of hydrogen-bond acceptors (Lipinski definition) is 3. The van der Waals surface area contributed by atoms with Crippen LogP contribution in [0.3, 0.4) is 0 Å². The number of hydrogen-bond donors (Lipinski definition) is 3. The molecule has 0 atom stereocenters. The number of anilines is 1. The second-order valence-electron chi connectivity index (χ2n) is 5.18. The van der Waals surface area contributed by atoms with Gasteiger partial charge in [-0.1, -0.05) is 23.2 Å². The average Bonchev–Trinajstić information content (AvgIpc) is 2.61. The Balaban J connectivity index is 1.74. The molecule has 3 amide bonds. The smallest absolute Gasteiger partial charge is 0.269 e. The fourth-order valence-electron chi connectivity index (χ4n) is 1.89. The minimum Gasteiger partial charge on any atom is -0.325 e. The minimum atomic E-state index is -0.601. The van der Waals surface area contributed by atoms with Crippen molar-refractivity contribution in [1.82, 2.24) is 10.9 Å². The quantitative estimate of drug-likeness (QED) is 0.676. The van der Waals surface area contributed by atoms with E-state index in [4.69, 9.17) is 23.2 Å². The molecule has 0 aliphatic carbocycles. The van der Waals surface area contributed by atoms with Crippen molar-refractivity contribution in [1.29, 1.82) is 0 Å². The Hall–Kier alpha value is -2.64. The van der Waals surface area contributed by atoms with Crippen molar-refractivity contribution in [3.63, 3.8) is 0 Å². The van der Waals surface area contributed by atoms with Crippen molar-refractivity contribution in [2.75, 3.05) is 5.32 Å². The molecule has 0 unspecified atom stereocenters. The van der Waals surface area contributed by atoms with Crippen molar-refractivity contribution in [3.05, 3.63) is 63.9 Å². The summed E-state index contributed by atoms with van der Waals surface area (Å²) in [6, 6.07) is 9.41. The lowest BCUT2D eigenvalue weighted by atomic mass is 10.2. The summed E-state index contributed by atoms with van der Waals surface area (Å²) in [5, 5.41) is 3.27. The van der Waals surface area contributed by atoms with Crippen molar-refractivity contribution >= 4 is 46.6 Å². The molecule has 0 saturated heterocycles. The molecule has 6 nitrogen and oxygen atoms in total. The van der Waals surface area contributed by atoms with E-state index >= 15 is 0 Å². The first kappa shape index (κ1) is 19.7. The van der Waals surface area contributed by atoms with Crippen LogP contribution in [0.25, 0.3) is 0 Å². The van der Waals surface area contributed by atoms with Crippen LogP contribution in [-0.2, 0) is 9.59 Å². The van der Waals surface area contributed by atoms with Gasteiger partial charge in [-0.3, -0.25) is 25.2 Å². The maximum absolute atomic E-state index is 12.8. The fraction of sp³-hybridized carbons (Fsp3) is 0.118. The molecule has 0 radical (unpaired) electrons. The molecule has 0 aliphatic rings. The van der Waals surface area contributed by atoms with E-state index in [1.807, 2.05) is 0 Å². The van der Waals surface area contributed by atoms with Gasteiger partial charge in [0.15, 0.2) is 0 Å². The van der Waals surface area contributed by atoms with Crippen LogP contribution in [0, 0.1) is 5.82 Å². The summed E-state index contributed by atoms with van der Waals surface area (Å²) in [5.74, 6) is -2.06. The number of carbonyl (C=O) groups excluding carboxylic acids is 3. The standard InChI is InChI=1S/C17H14Cl2FN3O3/c18-11-3-6-14(13(19)9-11)21-15(24)7-8-16(25)22-23-17(26)10-1-4-12(20)5-2-10/h1-6,9H,7-8H2,(H,21,24)(H,22,25)(H,23,26). The Bertz CT molecular complexity index is 829. The molecule has 0 heterocycles. The van der Waals surface area contributed by atoms with Gasteiger partial charge in [0.25, 0.3) is 5.91 Å². The molecule has 2 aromatic carbocycles. The first-order chi connectivity index (χ1) is 12.3. The second-order valence-corrected chi connectivity index (χ2v) is 6.03. The zero-order valence-electron chi connectivity index (χ0n) is 13.3. The van der Waals surface area contributed by atoms with Crippen LogP contribution in [-0.4, -0.2) is 17.7 Å². The average molecular weight is 398 g/mol. The van der Waals surface area contributed by atoms with Gasteiger partial charge < -0.3 is 5.32 Å². The lowest BCUT2D eigenvalue weighted by Gasteiger charge is -2.09. The topological polar surface area (TPSA) is 87.3 Å². The van der Waals surface area contributed by atoms with Gasteiger partial charge in [-0.2, -0.15) is 0 Å². The highest BCUT2D eigenvalue weighted by atomic mass is 35.5. The Morgan fingerprint density at radius 2 is 1.54 bits per heavy atom. The summed E-state index contributed by atoms with van der Waals surface area (Å²) in [7, 11) is 0. The van der Waals surface area contributed by atoms with E-state index in [2.05, 4.69) is 16.2 Å². The van der Waals surface area contributed by atoms with Crippen LogP contribution in [0.2, 0.25) is 10.0 Å². The van der Waals surface area contributed by atoms with Crippen LogP contribution in [0.4, 0.5) is 10.1 Å². The maximum atomic E-state index is 12.8. The highest BCUT2D eigenvalue weighted by molar-refractivity contribution is 6.36. The third kappa shape index (κ3) is 6.02. The van der Waals surface area contributed by atoms with E-state index in [9.17, 15) is 18.8 Å². The predicted molar refractivity (Wildman–Crippen MR) is 96.3 cm³/mol. The normalized spacial score (nSPS) is 10.1.